The van der Waals surface area contributed by atoms with Gasteiger partial charge in [0.1, 0.15) is 0 Å². The zero-order valence-electron chi connectivity index (χ0n) is 20.3. The number of carboxylic acid groups (broad SMARTS) is 1. The van der Waals surface area contributed by atoms with Crippen molar-refractivity contribution in [3.05, 3.63) is 64.7 Å². The molecule has 0 fully saturated rings. The second-order valence-corrected chi connectivity index (χ2v) is 11.2. The Morgan fingerprint density at radius 2 is 1.88 bits per heavy atom. The Labute approximate surface area is 202 Å². The monoisotopic (exact) mass is 470 g/mol. The van der Waals surface area contributed by atoms with Gasteiger partial charge in [0.25, 0.3) is 0 Å². The lowest BCUT2D eigenvalue weighted by Gasteiger charge is -2.31. The van der Waals surface area contributed by atoms with Crippen molar-refractivity contribution < 1.29 is 15.0 Å². The van der Waals surface area contributed by atoms with Crippen LogP contribution in [0, 0.1) is 12.8 Å². The number of hydrogen-bond acceptors (Lipinski definition) is 5. The minimum absolute atomic E-state index is 0.0287. The molecule has 1 aliphatic carbocycles. The van der Waals surface area contributed by atoms with Gasteiger partial charge < -0.3 is 15.5 Å². The molecule has 0 aromatic heterocycles. The number of aryl methyl sites for hydroxylation is 1. The lowest BCUT2D eigenvalue weighted by Crippen LogP contribution is -2.47. The van der Waals surface area contributed by atoms with Gasteiger partial charge >= 0.3 is 5.97 Å². The number of thioether (sulfide) groups is 1. The maximum Gasteiger partial charge on any atom is 0.313 e. The number of rotatable bonds is 12. The van der Waals surface area contributed by atoms with E-state index in [1.165, 1.54) is 22.9 Å². The number of β-amino-alcohol motifs (C(OH)–C–C–N with tert-alkyl or cyclic N) is 1. The SMILES string of the molecule is Cc1cc(CN(C)C[C@H](O)CNC(C)(C)CC2Cc3ccccc3C2)cc(SCC(=O)O)c1. The van der Waals surface area contributed by atoms with E-state index in [9.17, 15) is 9.90 Å². The number of carboxylic acids is 1. The maximum absolute atomic E-state index is 10.9. The number of hydrogen-bond donors (Lipinski definition) is 3. The van der Waals surface area contributed by atoms with Crippen molar-refractivity contribution >= 4 is 17.7 Å². The second-order valence-electron chi connectivity index (χ2n) is 10.2. The van der Waals surface area contributed by atoms with Crippen LogP contribution in [0.15, 0.2) is 47.4 Å². The van der Waals surface area contributed by atoms with Crippen molar-refractivity contribution in [1.82, 2.24) is 10.2 Å². The van der Waals surface area contributed by atoms with Crippen molar-refractivity contribution in [1.29, 1.82) is 0 Å². The highest BCUT2D eigenvalue weighted by Crippen LogP contribution is 2.31. The normalized spacial score (nSPS) is 15.1. The minimum Gasteiger partial charge on any atom is -0.481 e. The molecule has 0 amide bonds. The third kappa shape index (κ3) is 8.45. The summed E-state index contributed by atoms with van der Waals surface area (Å²) >= 11 is 1.34. The highest BCUT2D eigenvalue weighted by Gasteiger charge is 2.28. The van der Waals surface area contributed by atoms with E-state index in [0.29, 0.717) is 25.6 Å². The first-order chi connectivity index (χ1) is 15.6. The summed E-state index contributed by atoms with van der Waals surface area (Å²) in [5.41, 5.74) is 5.19. The van der Waals surface area contributed by atoms with E-state index >= 15 is 0 Å². The van der Waals surface area contributed by atoms with Crippen LogP contribution in [0.2, 0.25) is 0 Å². The number of benzene rings is 2. The lowest BCUT2D eigenvalue weighted by atomic mass is 9.88. The number of aliphatic carboxylic acids is 1. The first-order valence-electron chi connectivity index (χ1n) is 11.7. The van der Waals surface area contributed by atoms with Gasteiger partial charge in [-0.15, -0.1) is 11.8 Å². The molecule has 3 N–H and O–H groups in total. The molecule has 0 aliphatic heterocycles. The minimum atomic E-state index is -0.809. The molecule has 0 spiro atoms. The Hall–Kier alpha value is -1.86. The summed E-state index contributed by atoms with van der Waals surface area (Å²) in [6, 6.07) is 14.9. The number of likely N-dealkylation sites (N-methyl/N-ethyl adjacent to an activating group) is 1. The number of fused-ring (bicyclic) bond motifs is 1. The van der Waals surface area contributed by atoms with Crippen LogP contribution in [0.3, 0.4) is 0 Å². The highest BCUT2D eigenvalue weighted by atomic mass is 32.2. The van der Waals surface area contributed by atoms with Crippen LogP contribution >= 0.6 is 11.8 Å². The molecule has 3 rings (SSSR count). The van der Waals surface area contributed by atoms with Gasteiger partial charge in [-0.25, -0.2) is 0 Å². The van der Waals surface area contributed by atoms with E-state index in [0.717, 1.165) is 35.3 Å². The van der Waals surface area contributed by atoms with Crippen LogP contribution in [-0.2, 0) is 24.2 Å². The van der Waals surface area contributed by atoms with E-state index in [1.54, 1.807) is 0 Å². The standard InChI is InChI=1S/C27H38N2O3S/c1-19-9-21(13-25(10-19)33-18-26(31)32)16-29(4)17-24(30)15-28-27(2,3)14-20-11-22-7-5-6-8-23(22)12-20/h5-10,13,20,24,28,30H,11-12,14-18H2,1-4H3,(H,31,32)/t24-/m1/s1. The number of carbonyl (C=O) groups is 1. The first-order valence-corrected chi connectivity index (χ1v) is 12.7. The predicted octanol–water partition coefficient (Wildman–Crippen LogP) is 4.14. The van der Waals surface area contributed by atoms with Gasteiger partial charge in [0, 0.05) is 30.1 Å². The zero-order valence-corrected chi connectivity index (χ0v) is 21.1. The lowest BCUT2D eigenvalue weighted by molar-refractivity contribution is -0.133. The molecule has 33 heavy (non-hydrogen) atoms. The fraction of sp³-hybridized carbons (Fsp3) is 0.519. The molecule has 5 nitrogen and oxygen atoms in total. The van der Waals surface area contributed by atoms with E-state index < -0.39 is 12.1 Å². The van der Waals surface area contributed by atoms with E-state index in [4.69, 9.17) is 5.11 Å². The summed E-state index contributed by atoms with van der Waals surface area (Å²) < 4.78 is 0. The van der Waals surface area contributed by atoms with Gasteiger partial charge in [-0.1, -0.05) is 30.3 Å². The van der Waals surface area contributed by atoms with Crippen LogP contribution in [0.5, 0.6) is 0 Å². The number of aliphatic hydroxyl groups is 1. The quantitative estimate of drug-likeness (QED) is 0.405. The Balaban J connectivity index is 1.43. The first kappa shape index (κ1) is 25.8. The topological polar surface area (TPSA) is 72.8 Å². The van der Waals surface area contributed by atoms with Gasteiger partial charge in [-0.05, 0) is 87.4 Å². The zero-order chi connectivity index (χ0) is 24.0. The summed E-state index contributed by atoms with van der Waals surface area (Å²) in [6.45, 7) is 8.33. The molecule has 1 aliphatic rings. The van der Waals surface area contributed by atoms with Gasteiger partial charge in [-0.3, -0.25) is 9.69 Å². The Kier molecular flexibility index (Phi) is 8.99. The molecule has 0 saturated heterocycles. The van der Waals surface area contributed by atoms with E-state index in [1.807, 2.05) is 26.1 Å². The van der Waals surface area contributed by atoms with Crippen LogP contribution < -0.4 is 5.32 Å². The van der Waals surface area contributed by atoms with Gasteiger partial charge in [-0.2, -0.15) is 0 Å². The summed E-state index contributed by atoms with van der Waals surface area (Å²) in [5.74, 6) is -0.0957. The Bertz CT molecular complexity index is 922. The van der Waals surface area contributed by atoms with Crippen molar-refractivity contribution in [3.63, 3.8) is 0 Å². The Morgan fingerprint density at radius 3 is 2.52 bits per heavy atom. The van der Waals surface area contributed by atoms with Crippen molar-refractivity contribution in [3.8, 4) is 0 Å². The summed E-state index contributed by atoms with van der Waals surface area (Å²) in [6.07, 6.45) is 2.93. The molecule has 0 heterocycles. The molecular weight excluding hydrogens is 432 g/mol. The van der Waals surface area contributed by atoms with Gasteiger partial charge in [0.15, 0.2) is 0 Å². The van der Waals surface area contributed by atoms with Crippen molar-refractivity contribution in [2.75, 3.05) is 25.9 Å². The van der Waals surface area contributed by atoms with E-state index in [2.05, 4.69) is 54.4 Å². The average Bonchev–Trinajstić information content (AvgIpc) is 3.12. The number of aliphatic hydroxyl groups excluding tert-OH is 1. The second kappa shape index (κ2) is 11.5. The maximum atomic E-state index is 10.9. The third-order valence-electron chi connectivity index (χ3n) is 6.20. The van der Waals surface area contributed by atoms with Crippen LogP contribution in [0.1, 0.15) is 42.5 Å². The molecule has 6 heteroatoms. The van der Waals surface area contributed by atoms with Gasteiger partial charge in [0.05, 0.1) is 11.9 Å². The third-order valence-corrected chi connectivity index (χ3v) is 7.16. The van der Waals surface area contributed by atoms with Crippen LogP contribution in [0.25, 0.3) is 0 Å². The predicted molar refractivity (Wildman–Crippen MR) is 136 cm³/mol. The van der Waals surface area contributed by atoms with E-state index in [-0.39, 0.29) is 11.3 Å². The van der Waals surface area contributed by atoms with Crippen LogP contribution in [-0.4, -0.2) is 58.6 Å². The van der Waals surface area contributed by atoms with Gasteiger partial charge in [0.2, 0.25) is 0 Å². The number of nitrogens with zero attached hydrogens (tertiary/aromatic N) is 1. The molecule has 1 atom stereocenters. The highest BCUT2D eigenvalue weighted by molar-refractivity contribution is 8.00. The molecule has 0 radical (unpaired) electrons. The summed E-state index contributed by atoms with van der Waals surface area (Å²) in [7, 11) is 2.01. The fourth-order valence-corrected chi connectivity index (χ4v) is 5.72. The molecule has 2 aromatic rings. The molecular formula is C27H38N2O3S. The van der Waals surface area contributed by atoms with Crippen LogP contribution in [0.4, 0.5) is 0 Å². The summed E-state index contributed by atoms with van der Waals surface area (Å²) in [4.78, 5) is 13.9. The average molecular weight is 471 g/mol. The molecule has 0 bridgehead atoms. The molecule has 0 unspecified atom stereocenters. The largest absolute Gasteiger partial charge is 0.481 e. The fourth-order valence-electron chi connectivity index (χ4n) is 4.93. The smallest absolute Gasteiger partial charge is 0.313 e. The summed E-state index contributed by atoms with van der Waals surface area (Å²) in [5, 5.41) is 23.2. The van der Waals surface area contributed by atoms with Crippen molar-refractivity contribution in [2.45, 2.75) is 63.1 Å². The molecule has 0 saturated carbocycles. The Morgan fingerprint density at radius 1 is 1.21 bits per heavy atom. The number of nitrogens with one attached hydrogen (secondary N) is 1. The molecule has 2 aromatic carbocycles. The molecule has 180 valence electrons. The van der Waals surface area contributed by atoms with Crippen molar-refractivity contribution in [2.24, 2.45) is 5.92 Å².